The second-order valence-electron chi connectivity index (χ2n) is 1.64. The maximum atomic E-state index is 5.47. The quantitative estimate of drug-likeness (QED) is 0.201. The summed E-state index contributed by atoms with van der Waals surface area (Å²) in [5.41, 5.74) is 5.47. The fourth-order valence-corrected chi connectivity index (χ4v) is 0.915. The van der Waals surface area contributed by atoms with Gasteiger partial charge in [0.25, 0.3) is 5.17 Å². The summed E-state index contributed by atoms with van der Waals surface area (Å²) in [4.78, 5) is 2.71. The number of hydrazone groups is 1. The molecule has 5 N–H and O–H groups in total. The molecule has 0 saturated carbocycles. The van der Waals surface area contributed by atoms with Crippen molar-refractivity contribution in [3.8, 4) is 0 Å². The first kappa shape index (κ1) is 13.4. The van der Waals surface area contributed by atoms with E-state index in [0.29, 0.717) is 5.17 Å². The molecule has 0 saturated heterocycles. The Kier molecular flexibility index (Phi) is 11.9. The zero-order valence-corrected chi connectivity index (χ0v) is 8.78. The van der Waals surface area contributed by atoms with Gasteiger partial charge in [0.2, 0.25) is 6.34 Å². The lowest BCUT2D eigenvalue weighted by Crippen LogP contribution is -3.00. The van der Waals surface area contributed by atoms with Crippen molar-refractivity contribution in [3.63, 3.8) is 0 Å². The number of nitrogens with two attached hydrogens (primary N) is 2. The number of nitrogens with zero attached hydrogens (tertiary/aromatic N) is 1. The zero-order chi connectivity index (χ0) is 7.82. The zero-order valence-electron chi connectivity index (χ0n) is 6.38. The van der Waals surface area contributed by atoms with Crippen LogP contribution in [0.1, 0.15) is 13.3 Å². The molecule has 0 rings (SSSR count). The van der Waals surface area contributed by atoms with Gasteiger partial charge in [-0.25, -0.2) is 4.99 Å². The number of hydrogen-bond acceptors (Lipinski definition) is 3. The van der Waals surface area contributed by atoms with E-state index in [1.807, 2.05) is 0 Å². The van der Waals surface area contributed by atoms with Crippen molar-refractivity contribution in [3.05, 3.63) is 0 Å². The van der Waals surface area contributed by atoms with Crippen molar-refractivity contribution in [1.29, 1.82) is 0 Å². The van der Waals surface area contributed by atoms with E-state index in [9.17, 15) is 0 Å². The van der Waals surface area contributed by atoms with Crippen LogP contribution in [0.2, 0.25) is 0 Å². The average molecular weight is 241 g/mol. The smallest absolute Gasteiger partial charge is 0.252 e. The second-order valence-corrected chi connectivity index (χ2v) is 2.77. The van der Waals surface area contributed by atoms with Crippen LogP contribution >= 0.6 is 11.8 Å². The topological polar surface area (TPSA) is 78.4 Å². The van der Waals surface area contributed by atoms with Gasteiger partial charge in [-0.2, -0.15) is 0 Å². The van der Waals surface area contributed by atoms with Gasteiger partial charge >= 0.3 is 0 Å². The minimum absolute atomic E-state index is 0. The molecular formula is C5H13BrN4S. The maximum absolute atomic E-state index is 5.47. The Morgan fingerprint density at radius 2 is 2.36 bits per heavy atom. The summed E-state index contributed by atoms with van der Waals surface area (Å²) in [5, 5.41) is 3.87. The van der Waals surface area contributed by atoms with Gasteiger partial charge in [-0.15, -0.1) is 0 Å². The van der Waals surface area contributed by atoms with Crippen molar-refractivity contribution in [2.75, 3.05) is 5.75 Å². The molecule has 0 spiro atoms. The predicted molar refractivity (Wildman–Crippen MR) is 45.6 cm³/mol. The van der Waals surface area contributed by atoms with Crippen molar-refractivity contribution in [1.82, 2.24) is 0 Å². The molecule has 66 valence electrons. The van der Waals surface area contributed by atoms with Gasteiger partial charge in [0.15, 0.2) is 0 Å². The van der Waals surface area contributed by atoms with Gasteiger partial charge in [0, 0.05) is 5.75 Å². The molecule has 0 aliphatic rings. The van der Waals surface area contributed by atoms with Crippen LogP contribution in [-0.2, 0) is 0 Å². The molecule has 0 aromatic rings. The Balaban J connectivity index is 0. The predicted octanol–water partition coefficient (Wildman–Crippen LogP) is -4.57. The number of nitrogens with one attached hydrogen (secondary N) is 1. The summed E-state index contributed by atoms with van der Waals surface area (Å²) in [6, 6.07) is 0. The highest BCUT2D eigenvalue weighted by atomic mass is 79.9. The monoisotopic (exact) mass is 240 g/mol. The van der Waals surface area contributed by atoms with Crippen molar-refractivity contribution in [2.24, 2.45) is 16.7 Å². The number of halogens is 1. The molecule has 0 heterocycles. The second kappa shape index (κ2) is 9.77. The van der Waals surface area contributed by atoms with Gasteiger partial charge in [-0.1, -0.05) is 18.7 Å². The molecule has 0 fully saturated rings. The molecule has 0 aromatic carbocycles. The Morgan fingerprint density at radius 3 is 2.82 bits per heavy atom. The van der Waals surface area contributed by atoms with Crippen LogP contribution in [0.15, 0.2) is 5.10 Å². The third-order valence-electron chi connectivity index (χ3n) is 0.743. The first-order valence-corrected chi connectivity index (χ1v) is 4.03. The fraction of sp³-hybridized carbons (Fsp3) is 0.600. The molecule has 0 unspecified atom stereocenters. The van der Waals surface area contributed by atoms with Crippen LogP contribution in [0.25, 0.3) is 0 Å². The normalized spacial score (nSPS) is 11.5. The van der Waals surface area contributed by atoms with E-state index in [4.69, 9.17) is 11.6 Å². The molecule has 4 nitrogen and oxygen atoms in total. The van der Waals surface area contributed by atoms with E-state index >= 15 is 0 Å². The summed E-state index contributed by atoms with van der Waals surface area (Å²) < 4.78 is 0. The van der Waals surface area contributed by atoms with E-state index in [1.54, 1.807) is 11.8 Å². The average Bonchev–Trinajstić information content (AvgIpc) is 1.97. The van der Waals surface area contributed by atoms with Gasteiger partial charge in [0.1, 0.15) is 0 Å². The molecule has 0 aliphatic heterocycles. The molecule has 0 radical (unpaired) electrons. The van der Waals surface area contributed by atoms with E-state index in [1.165, 1.54) is 6.34 Å². The number of rotatable bonds is 3. The summed E-state index contributed by atoms with van der Waals surface area (Å²) in [7, 11) is 0. The van der Waals surface area contributed by atoms with Crippen LogP contribution in [0.4, 0.5) is 0 Å². The highest BCUT2D eigenvalue weighted by molar-refractivity contribution is 8.13. The summed E-state index contributed by atoms with van der Waals surface area (Å²) >= 11 is 1.55. The van der Waals surface area contributed by atoms with E-state index in [0.717, 1.165) is 12.2 Å². The third-order valence-corrected chi connectivity index (χ3v) is 1.78. The Bertz CT molecular complexity index is 136. The van der Waals surface area contributed by atoms with Crippen LogP contribution in [0.3, 0.4) is 0 Å². The van der Waals surface area contributed by atoms with Crippen molar-refractivity contribution < 1.29 is 22.0 Å². The molecule has 0 atom stereocenters. The van der Waals surface area contributed by atoms with Gasteiger partial charge in [0.05, 0.1) is 0 Å². The van der Waals surface area contributed by atoms with E-state index in [2.05, 4.69) is 17.0 Å². The third kappa shape index (κ3) is 9.77. The Hall–Kier alpha value is -0.230. The van der Waals surface area contributed by atoms with Gasteiger partial charge in [-0.3, -0.25) is 5.84 Å². The first-order chi connectivity index (χ1) is 4.81. The highest BCUT2D eigenvalue weighted by Gasteiger charge is 1.92. The van der Waals surface area contributed by atoms with Crippen LogP contribution in [0, 0.1) is 0 Å². The molecule has 0 amide bonds. The molecular weight excluding hydrogens is 228 g/mol. The SMILES string of the molecule is CCCSC(N)=[NH+]C=NN.[Br-]. The highest BCUT2D eigenvalue weighted by Crippen LogP contribution is 1.96. The summed E-state index contributed by atoms with van der Waals surface area (Å²) in [6.07, 6.45) is 2.46. The lowest BCUT2D eigenvalue weighted by molar-refractivity contribution is -0.301. The fourth-order valence-electron chi connectivity index (χ4n) is 0.355. The van der Waals surface area contributed by atoms with Crippen LogP contribution < -0.4 is 33.6 Å². The summed E-state index contributed by atoms with van der Waals surface area (Å²) in [6.45, 7) is 2.09. The number of amidine groups is 1. The van der Waals surface area contributed by atoms with Crippen LogP contribution in [-0.4, -0.2) is 17.3 Å². The molecule has 0 bridgehead atoms. The molecule has 6 heteroatoms. The largest absolute Gasteiger partial charge is 1.00 e. The van der Waals surface area contributed by atoms with Gasteiger partial charge < -0.3 is 22.7 Å². The van der Waals surface area contributed by atoms with Gasteiger partial charge in [-0.05, 0) is 11.5 Å². The minimum atomic E-state index is 0. The van der Waals surface area contributed by atoms with E-state index < -0.39 is 0 Å². The first-order valence-electron chi connectivity index (χ1n) is 3.04. The maximum Gasteiger partial charge on any atom is 0.252 e. The van der Waals surface area contributed by atoms with E-state index in [-0.39, 0.29) is 17.0 Å². The lowest BCUT2D eigenvalue weighted by atomic mass is 10.6. The Labute approximate surface area is 81.3 Å². The molecule has 0 aromatic heterocycles. The molecule has 11 heavy (non-hydrogen) atoms. The summed E-state index contributed by atoms with van der Waals surface area (Å²) in [5.74, 6) is 5.85. The standard InChI is InChI=1S/C5H12N4S.BrH/c1-2-3-10-5(6)8-4-9-7;/h4H,2-3,7H2,1H3,(H2,6,8,9);1H. The minimum Gasteiger partial charge on any atom is -1.00 e. The lowest BCUT2D eigenvalue weighted by Gasteiger charge is -1.89. The van der Waals surface area contributed by atoms with Crippen molar-refractivity contribution >= 4 is 23.3 Å². The number of thioether (sulfide) groups is 1. The van der Waals surface area contributed by atoms with Crippen molar-refractivity contribution in [2.45, 2.75) is 13.3 Å². The molecule has 0 aliphatic carbocycles. The Morgan fingerprint density at radius 1 is 1.73 bits per heavy atom. The number of hydrogen-bond donors (Lipinski definition) is 3. The van der Waals surface area contributed by atoms with Crippen LogP contribution in [0.5, 0.6) is 0 Å².